The molecule has 0 aromatic carbocycles. The van der Waals surface area contributed by atoms with Gasteiger partial charge >= 0.3 is 0 Å². The molecule has 20 heavy (non-hydrogen) atoms. The Morgan fingerprint density at radius 1 is 1.40 bits per heavy atom. The van der Waals surface area contributed by atoms with Crippen LogP contribution in [0, 0.1) is 5.92 Å². The molecule has 0 aliphatic carbocycles. The van der Waals surface area contributed by atoms with Gasteiger partial charge in [0.05, 0.1) is 17.4 Å². The SMILES string of the molecule is NC(=O)CC1CCN(C(=O)c2cc(Cl)ncc2N)CC1. The van der Waals surface area contributed by atoms with E-state index in [0.717, 1.165) is 12.8 Å². The van der Waals surface area contributed by atoms with E-state index in [9.17, 15) is 9.59 Å². The lowest BCUT2D eigenvalue weighted by molar-refractivity contribution is -0.119. The van der Waals surface area contributed by atoms with Crippen LogP contribution in [-0.4, -0.2) is 34.8 Å². The number of nitrogens with two attached hydrogens (primary N) is 2. The fraction of sp³-hybridized carbons (Fsp3) is 0.462. The number of rotatable bonds is 3. The van der Waals surface area contributed by atoms with Gasteiger partial charge in [0, 0.05) is 19.5 Å². The topological polar surface area (TPSA) is 102 Å². The van der Waals surface area contributed by atoms with E-state index in [-0.39, 0.29) is 22.9 Å². The Morgan fingerprint density at radius 2 is 2.05 bits per heavy atom. The summed E-state index contributed by atoms with van der Waals surface area (Å²) in [4.78, 5) is 28.8. The number of nitrogens with zero attached hydrogens (tertiary/aromatic N) is 2. The van der Waals surface area contributed by atoms with Crippen molar-refractivity contribution in [3.63, 3.8) is 0 Å². The zero-order valence-corrected chi connectivity index (χ0v) is 11.8. The van der Waals surface area contributed by atoms with Crippen LogP contribution in [0.5, 0.6) is 0 Å². The number of hydrogen-bond donors (Lipinski definition) is 2. The summed E-state index contributed by atoms with van der Waals surface area (Å²) in [5.41, 5.74) is 11.6. The minimum Gasteiger partial charge on any atom is -0.397 e. The maximum atomic E-state index is 12.4. The number of amides is 2. The average Bonchev–Trinajstić information content (AvgIpc) is 2.41. The van der Waals surface area contributed by atoms with Crippen molar-refractivity contribution < 1.29 is 9.59 Å². The van der Waals surface area contributed by atoms with Crippen molar-refractivity contribution in [2.75, 3.05) is 18.8 Å². The van der Waals surface area contributed by atoms with Gasteiger partial charge in [-0.15, -0.1) is 0 Å². The number of likely N-dealkylation sites (tertiary alicyclic amines) is 1. The smallest absolute Gasteiger partial charge is 0.256 e. The second-order valence-electron chi connectivity index (χ2n) is 5.00. The minimum atomic E-state index is -0.292. The third-order valence-corrected chi connectivity index (χ3v) is 3.73. The van der Waals surface area contributed by atoms with Crippen LogP contribution >= 0.6 is 11.6 Å². The molecule has 1 aliphatic rings. The van der Waals surface area contributed by atoms with Crippen LogP contribution in [0.3, 0.4) is 0 Å². The van der Waals surface area contributed by atoms with Crippen LogP contribution < -0.4 is 11.5 Å². The van der Waals surface area contributed by atoms with Crippen molar-refractivity contribution in [3.05, 3.63) is 23.0 Å². The number of carbonyl (C=O) groups is 2. The van der Waals surface area contributed by atoms with Crippen molar-refractivity contribution in [2.24, 2.45) is 11.7 Å². The Bertz CT molecular complexity index is 527. The molecule has 0 atom stereocenters. The zero-order valence-electron chi connectivity index (χ0n) is 11.0. The first-order chi connectivity index (χ1) is 9.47. The first kappa shape index (κ1) is 14.6. The quantitative estimate of drug-likeness (QED) is 0.814. The molecular weight excluding hydrogens is 280 g/mol. The summed E-state index contributed by atoms with van der Waals surface area (Å²) in [6.45, 7) is 1.19. The van der Waals surface area contributed by atoms with E-state index in [1.807, 2.05) is 0 Å². The molecule has 0 spiro atoms. The molecule has 108 valence electrons. The van der Waals surface area contributed by atoms with Gasteiger partial charge in [-0.2, -0.15) is 0 Å². The summed E-state index contributed by atoms with van der Waals surface area (Å²) >= 11 is 5.79. The molecule has 1 saturated heterocycles. The molecule has 1 fully saturated rings. The molecule has 0 radical (unpaired) electrons. The third-order valence-electron chi connectivity index (χ3n) is 3.52. The Morgan fingerprint density at radius 3 is 2.65 bits per heavy atom. The number of halogens is 1. The summed E-state index contributed by atoms with van der Waals surface area (Å²) in [6.07, 6.45) is 3.31. The molecule has 1 aromatic heterocycles. The Labute approximate surface area is 122 Å². The van der Waals surface area contributed by atoms with E-state index in [4.69, 9.17) is 23.1 Å². The van der Waals surface area contributed by atoms with Crippen LogP contribution in [0.4, 0.5) is 5.69 Å². The highest BCUT2D eigenvalue weighted by Gasteiger charge is 2.25. The maximum Gasteiger partial charge on any atom is 0.256 e. The number of piperidine rings is 1. The second-order valence-corrected chi connectivity index (χ2v) is 5.39. The van der Waals surface area contributed by atoms with Crippen LogP contribution in [0.25, 0.3) is 0 Å². The molecule has 2 heterocycles. The van der Waals surface area contributed by atoms with Crippen molar-refractivity contribution in [2.45, 2.75) is 19.3 Å². The maximum absolute atomic E-state index is 12.4. The highest BCUT2D eigenvalue weighted by molar-refractivity contribution is 6.29. The zero-order chi connectivity index (χ0) is 14.7. The number of primary amides is 1. The monoisotopic (exact) mass is 296 g/mol. The average molecular weight is 297 g/mol. The molecule has 7 heteroatoms. The van der Waals surface area contributed by atoms with Gasteiger partial charge in [0.2, 0.25) is 5.91 Å². The lowest BCUT2D eigenvalue weighted by Crippen LogP contribution is -2.39. The van der Waals surface area contributed by atoms with Gasteiger partial charge in [0.25, 0.3) is 5.91 Å². The Balaban J connectivity index is 2.01. The lowest BCUT2D eigenvalue weighted by atomic mass is 9.93. The summed E-state index contributed by atoms with van der Waals surface area (Å²) in [5, 5.41) is 0.242. The molecule has 1 aliphatic heterocycles. The third kappa shape index (κ3) is 3.39. The summed E-state index contributed by atoms with van der Waals surface area (Å²) in [7, 11) is 0. The highest BCUT2D eigenvalue weighted by Crippen LogP contribution is 2.23. The van der Waals surface area contributed by atoms with E-state index >= 15 is 0 Å². The van der Waals surface area contributed by atoms with Gasteiger partial charge in [0.15, 0.2) is 0 Å². The fourth-order valence-corrected chi connectivity index (χ4v) is 2.58. The molecule has 6 nitrogen and oxygen atoms in total. The van der Waals surface area contributed by atoms with Gasteiger partial charge < -0.3 is 16.4 Å². The number of aromatic nitrogens is 1. The molecule has 0 saturated carbocycles. The van der Waals surface area contributed by atoms with Gasteiger partial charge in [-0.25, -0.2) is 4.98 Å². The highest BCUT2D eigenvalue weighted by atomic mass is 35.5. The molecule has 1 aromatic rings. The van der Waals surface area contributed by atoms with E-state index in [0.29, 0.717) is 30.8 Å². The first-order valence-corrected chi connectivity index (χ1v) is 6.83. The van der Waals surface area contributed by atoms with Gasteiger partial charge in [-0.1, -0.05) is 11.6 Å². The fourth-order valence-electron chi connectivity index (χ4n) is 2.42. The Kier molecular flexibility index (Phi) is 4.44. The second kappa shape index (κ2) is 6.09. The molecule has 0 bridgehead atoms. The van der Waals surface area contributed by atoms with E-state index in [2.05, 4.69) is 4.98 Å². The number of hydrogen-bond acceptors (Lipinski definition) is 4. The van der Waals surface area contributed by atoms with E-state index in [1.165, 1.54) is 12.3 Å². The van der Waals surface area contributed by atoms with Crippen molar-refractivity contribution in [3.8, 4) is 0 Å². The van der Waals surface area contributed by atoms with Crippen molar-refractivity contribution >= 4 is 29.1 Å². The van der Waals surface area contributed by atoms with Gasteiger partial charge in [-0.05, 0) is 24.8 Å². The van der Waals surface area contributed by atoms with Crippen LogP contribution in [0.15, 0.2) is 12.3 Å². The summed E-state index contributed by atoms with van der Waals surface area (Å²) in [6, 6.07) is 1.48. The molecular formula is C13H17ClN4O2. The largest absolute Gasteiger partial charge is 0.397 e. The number of carbonyl (C=O) groups excluding carboxylic acids is 2. The predicted molar refractivity (Wildman–Crippen MR) is 76.1 cm³/mol. The van der Waals surface area contributed by atoms with E-state index < -0.39 is 0 Å². The summed E-state index contributed by atoms with van der Waals surface area (Å²) < 4.78 is 0. The minimum absolute atomic E-state index is 0.149. The summed E-state index contributed by atoms with van der Waals surface area (Å²) in [5.74, 6) is -0.181. The lowest BCUT2D eigenvalue weighted by Gasteiger charge is -2.31. The number of nitrogen functional groups attached to an aromatic ring is 1. The standard InChI is InChI=1S/C13H17ClN4O2/c14-11-6-9(10(15)7-17-11)13(20)18-3-1-8(2-4-18)5-12(16)19/h6-8H,1-5,15H2,(H2,16,19). The van der Waals surface area contributed by atoms with Crippen LogP contribution in [0.2, 0.25) is 5.15 Å². The van der Waals surface area contributed by atoms with Gasteiger partial charge in [0.1, 0.15) is 5.15 Å². The Hall–Kier alpha value is -1.82. The van der Waals surface area contributed by atoms with Crippen molar-refractivity contribution in [1.82, 2.24) is 9.88 Å². The van der Waals surface area contributed by atoms with Crippen LogP contribution in [0.1, 0.15) is 29.6 Å². The number of pyridine rings is 1. The predicted octanol–water partition coefficient (Wildman–Crippen LogP) is 1.04. The molecule has 2 amide bonds. The van der Waals surface area contributed by atoms with Crippen LogP contribution in [-0.2, 0) is 4.79 Å². The number of anilines is 1. The van der Waals surface area contributed by atoms with E-state index in [1.54, 1.807) is 4.90 Å². The van der Waals surface area contributed by atoms with Gasteiger partial charge in [-0.3, -0.25) is 9.59 Å². The normalized spacial score (nSPS) is 16.1. The molecule has 4 N–H and O–H groups in total. The molecule has 0 unspecified atom stereocenters. The molecule has 2 rings (SSSR count). The van der Waals surface area contributed by atoms with Crippen molar-refractivity contribution in [1.29, 1.82) is 0 Å². The first-order valence-electron chi connectivity index (χ1n) is 6.46.